The molecule has 27 heavy (non-hydrogen) atoms. The molecule has 3 rings (SSSR count). The van der Waals surface area contributed by atoms with Crippen LogP contribution in [0.1, 0.15) is 6.42 Å². The van der Waals surface area contributed by atoms with Crippen molar-refractivity contribution in [1.29, 1.82) is 0 Å². The smallest absolute Gasteiger partial charge is 0.305 e. The predicted octanol–water partition coefficient (Wildman–Crippen LogP) is 2.40. The molecule has 0 radical (unpaired) electrons. The van der Waals surface area contributed by atoms with Crippen LogP contribution in [-0.4, -0.2) is 50.3 Å². The first-order chi connectivity index (χ1) is 13.1. The van der Waals surface area contributed by atoms with Crippen molar-refractivity contribution < 1.29 is 24.2 Å². The van der Waals surface area contributed by atoms with Gasteiger partial charge >= 0.3 is 5.97 Å². The van der Waals surface area contributed by atoms with E-state index < -0.39 is 12.0 Å². The van der Waals surface area contributed by atoms with E-state index >= 15 is 0 Å². The quantitative estimate of drug-likeness (QED) is 0.841. The molecule has 7 nitrogen and oxygen atoms in total. The van der Waals surface area contributed by atoms with E-state index in [2.05, 4.69) is 0 Å². The van der Waals surface area contributed by atoms with Crippen molar-refractivity contribution in [1.82, 2.24) is 0 Å². The summed E-state index contributed by atoms with van der Waals surface area (Å²) in [7, 11) is 3.10. The number of aliphatic carboxylic acids is 1. The lowest BCUT2D eigenvalue weighted by Crippen LogP contribution is -2.58. The van der Waals surface area contributed by atoms with Gasteiger partial charge in [-0.15, -0.1) is 0 Å². The van der Waals surface area contributed by atoms with Gasteiger partial charge in [-0.2, -0.15) is 0 Å². The lowest BCUT2D eigenvalue weighted by Gasteiger charge is -2.42. The Labute approximate surface area is 157 Å². The molecule has 0 aromatic heterocycles. The number of para-hydroxylation sites is 4. The van der Waals surface area contributed by atoms with Crippen molar-refractivity contribution in [2.45, 2.75) is 12.5 Å². The number of carboxylic acids is 1. The third kappa shape index (κ3) is 3.67. The van der Waals surface area contributed by atoms with E-state index in [0.717, 1.165) is 0 Å². The van der Waals surface area contributed by atoms with E-state index in [1.54, 1.807) is 42.2 Å². The van der Waals surface area contributed by atoms with Gasteiger partial charge in [0.15, 0.2) is 0 Å². The number of nitrogens with zero attached hydrogens (tertiary/aromatic N) is 2. The summed E-state index contributed by atoms with van der Waals surface area (Å²) in [5.41, 5.74) is 1.35. The summed E-state index contributed by atoms with van der Waals surface area (Å²) in [6, 6.07) is 13.7. The number of ether oxygens (including phenoxy) is 2. The van der Waals surface area contributed by atoms with Gasteiger partial charge in [-0.1, -0.05) is 24.3 Å². The fraction of sp³-hybridized carbons (Fsp3) is 0.300. The van der Waals surface area contributed by atoms with Crippen molar-refractivity contribution >= 4 is 23.3 Å². The minimum Gasteiger partial charge on any atom is -0.495 e. The normalized spacial score (nSPS) is 17.0. The summed E-state index contributed by atoms with van der Waals surface area (Å²) >= 11 is 0. The molecule has 0 aliphatic carbocycles. The molecule has 1 heterocycles. The fourth-order valence-corrected chi connectivity index (χ4v) is 3.40. The highest BCUT2D eigenvalue weighted by molar-refractivity contribution is 6.03. The number of piperazine rings is 1. The van der Waals surface area contributed by atoms with Crippen LogP contribution in [0.15, 0.2) is 48.5 Å². The molecule has 142 valence electrons. The topological polar surface area (TPSA) is 79.3 Å². The van der Waals surface area contributed by atoms with Gasteiger partial charge in [0.05, 0.1) is 32.0 Å². The van der Waals surface area contributed by atoms with E-state index in [4.69, 9.17) is 9.47 Å². The summed E-state index contributed by atoms with van der Waals surface area (Å²) in [5.74, 6) is -0.133. The number of hydrogen-bond acceptors (Lipinski definition) is 5. The monoisotopic (exact) mass is 370 g/mol. The Hall–Kier alpha value is -3.22. The van der Waals surface area contributed by atoms with E-state index in [1.165, 1.54) is 0 Å². The SMILES string of the molecule is COc1ccccc1N1CCN(c2ccccc2OC)C(CC(=O)O)C1=O. The number of carboxylic acid groups (broad SMARTS) is 1. The molecular weight excluding hydrogens is 348 g/mol. The number of carbonyl (C=O) groups is 2. The van der Waals surface area contributed by atoms with Gasteiger partial charge in [0.1, 0.15) is 17.5 Å². The Balaban J connectivity index is 1.98. The fourth-order valence-electron chi connectivity index (χ4n) is 3.40. The highest BCUT2D eigenvalue weighted by atomic mass is 16.5. The van der Waals surface area contributed by atoms with E-state index in [0.29, 0.717) is 36.0 Å². The minimum absolute atomic E-state index is 0.279. The number of methoxy groups -OCH3 is 2. The largest absolute Gasteiger partial charge is 0.495 e. The van der Waals surface area contributed by atoms with Crippen molar-refractivity contribution in [3.63, 3.8) is 0 Å². The molecule has 0 spiro atoms. The molecule has 1 N–H and O–H groups in total. The van der Waals surface area contributed by atoms with Gasteiger partial charge in [0.2, 0.25) is 5.91 Å². The number of amides is 1. The molecule has 7 heteroatoms. The standard InChI is InChI=1S/C20H22N2O5/c1-26-17-9-5-3-7-14(17)21-11-12-22(20(25)16(21)13-19(23)24)15-8-4-6-10-18(15)27-2/h3-10,16H,11-13H2,1-2H3,(H,23,24). The Morgan fingerprint density at radius 3 is 2.15 bits per heavy atom. The van der Waals surface area contributed by atoms with Gasteiger partial charge in [-0.05, 0) is 24.3 Å². The van der Waals surface area contributed by atoms with Crippen LogP contribution in [0.4, 0.5) is 11.4 Å². The first-order valence-electron chi connectivity index (χ1n) is 8.62. The molecule has 1 aliphatic rings. The first kappa shape index (κ1) is 18.6. The lowest BCUT2D eigenvalue weighted by atomic mass is 10.0. The summed E-state index contributed by atoms with van der Waals surface area (Å²) in [4.78, 5) is 28.1. The highest BCUT2D eigenvalue weighted by Crippen LogP contribution is 2.35. The molecular formula is C20H22N2O5. The third-order valence-electron chi connectivity index (χ3n) is 4.63. The Morgan fingerprint density at radius 1 is 1.00 bits per heavy atom. The van der Waals surface area contributed by atoms with Gasteiger partial charge < -0.3 is 24.4 Å². The molecule has 2 aromatic carbocycles. The average molecular weight is 370 g/mol. The Kier molecular flexibility index (Phi) is 5.49. The van der Waals surface area contributed by atoms with Crippen LogP contribution in [0.3, 0.4) is 0 Å². The maximum atomic E-state index is 13.2. The molecule has 0 saturated carbocycles. The zero-order valence-electron chi connectivity index (χ0n) is 15.3. The number of rotatable bonds is 6. The summed E-state index contributed by atoms with van der Waals surface area (Å²) < 4.78 is 10.8. The Bertz CT molecular complexity index is 839. The van der Waals surface area contributed by atoms with Crippen LogP contribution in [0.2, 0.25) is 0 Å². The molecule has 1 unspecified atom stereocenters. The second-order valence-electron chi connectivity index (χ2n) is 6.14. The third-order valence-corrected chi connectivity index (χ3v) is 4.63. The van der Waals surface area contributed by atoms with Crippen molar-refractivity contribution in [2.75, 3.05) is 37.1 Å². The zero-order valence-corrected chi connectivity index (χ0v) is 15.3. The molecule has 1 saturated heterocycles. The molecule has 1 aliphatic heterocycles. The summed E-state index contributed by atoms with van der Waals surface area (Å²) in [6.45, 7) is 0.884. The number of benzene rings is 2. The van der Waals surface area contributed by atoms with Crippen LogP contribution < -0.4 is 19.3 Å². The van der Waals surface area contributed by atoms with E-state index in [1.807, 2.05) is 30.3 Å². The molecule has 2 aromatic rings. The molecule has 1 fully saturated rings. The van der Waals surface area contributed by atoms with Crippen molar-refractivity contribution in [3.8, 4) is 11.5 Å². The highest BCUT2D eigenvalue weighted by Gasteiger charge is 2.38. The summed E-state index contributed by atoms with van der Waals surface area (Å²) in [5, 5.41) is 9.38. The van der Waals surface area contributed by atoms with Gasteiger partial charge in [-0.25, -0.2) is 0 Å². The molecule has 1 amide bonds. The van der Waals surface area contributed by atoms with Gasteiger partial charge in [0, 0.05) is 13.1 Å². The maximum Gasteiger partial charge on any atom is 0.305 e. The Morgan fingerprint density at radius 2 is 1.56 bits per heavy atom. The van der Waals surface area contributed by atoms with Crippen LogP contribution >= 0.6 is 0 Å². The van der Waals surface area contributed by atoms with Crippen molar-refractivity contribution in [2.24, 2.45) is 0 Å². The minimum atomic E-state index is -1.03. The van der Waals surface area contributed by atoms with E-state index in [9.17, 15) is 14.7 Å². The van der Waals surface area contributed by atoms with Crippen LogP contribution in [0.5, 0.6) is 11.5 Å². The second kappa shape index (κ2) is 7.99. The van der Waals surface area contributed by atoms with Crippen LogP contribution in [0.25, 0.3) is 0 Å². The number of carbonyl (C=O) groups excluding carboxylic acids is 1. The predicted molar refractivity (Wildman–Crippen MR) is 102 cm³/mol. The zero-order chi connectivity index (χ0) is 19.4. The first-order valence-corrected chi connectivity index (χ1v) is 8.62. The number of anilines is 2. The van der Waals surface area contributed by atoms with Crippen molar-refractivity contribution in [3.05, 3.63) is 48.5 Å². The lowest BCUT2D eigenvalue weighted by molar-refractivity contribution is -0.139. The maximum absolute atomic E-state index is 13.2. The second-order valence-corrected chi connectivity index (χ2v) is 6.14. The van der Waals surface area contributed by atoms with Gasteiger partial charge in [-0.3, -0.25) is 9.59 Å². The van der Waals surface area contributed by atoms with Gasteiger partial charge in [0.25, 0.3) is 0 Å². The van der Waals surface area contributed by atoms with E-state index in [-0.39, 0.29) is 12.3 Å². The molecule has 0 bridgehead atoms. The van der Waals surface area contributed by atoms with Crippen LogP contribution in [0, 0.1) is 0 Å². The molecule has 1 atom stereocenters. The van der Waals surface area contributed by atoms with Crippen LogP contribution in [-0.2, 0) is 9.59 Å². The number of hydrogen-bond donors (Lipinski definition) is 1. The summed E-state index contributed by atoms with van der Waals surface area (Å²) in [6.07, 6.45) is -0.303. The average Bonchev–Trinajstić information content (AvgIpc) is 2.69.